The van der Waals surface area contributed by atoms with E-state index in [0.717, 1.165) is 27.7 Å². The Morgan fingerprint density at radius 1 is 0.842 bits per heavy atom. The molecule has 3 rings (SSSR count). The maximum Gasteiger partial charge on any atom is 0.135 e. The van der Waals surface area contributed by atoms with Crippen molar-refractivity contribution in [3.63, 3.8) is 0 Å². The summed E-state index contributed by atoms with van der Waals surface area (Å²) in [5.41, 5.74) is 3.02. The van der Waals surface area contributed by atoms with Gasteiger partial charge >= 0.3 is 0 Å². The largest absolute Gasteiger partial charge is 0.464 e. The lowest BCUT2D eigenvalue weighted by molar-refractivity contribution is 0.582. The summed E-state index contributed by atoms with van der Waals surface area (Å²) >= 11 is 5.88. The predicted octanol–water partition coefficient (Wildman–Crippen LogP) is 5.34. The second-order valence-corrected chi connectivity index (χ2v) is 4.59. The van der Waals surface area contributed by atoms with Gasteiger partial charge in [-0.2, -0.15) is 0 Å². The molecule has 0 radical (unpaired) electrons. The summed E-state index contributed by atoms with van der Waals surface area (Å²) < 4.78 is 5.46. The quantitative estimate of drug-likeness (QED) is 0.694. The molecule has 3 aromatic rings. The van der Waals surface area contributed by atoms with E-state index < -0.39 is 0 Å². The van der Waals surface area contributed by atoms with Gasteiger partial charge in [0.05, 0.1) is 6.26 Å². The lowest BCUT2D eigenvalue weighted by Crippen LogP contribution is -1.92. The number of benzene rings is 2. The van der Waals surface area contributed by atoms with Gasteiger partial charge in [-0.1, -0.05) is 23.7 Å². The first-order valence-electron chi connectivity index (χ1n) is 5.98. The van der Waals surface area contributed by atoms with Crippen molar-refractivity contribution in [2.24, 2.45) is 0 Å². The van der Waals surface area contributed by atoms with Crippen molar-refractivity contribution in [1.29, 1.82) is 0 Å². The molecule has 94 valence electrons. The monoisotopic (exact) mass is 269 g/mol. The molecule has 19 heavy (non-hydrogen) atoms. The van der Waals surface area contributed by atoms with Gasteiger partial charge in [-0.05, 0) is 48.5 Å². The van der Waals surface area contributed by atoms with Crippen LogP contribution in [0.15, 0.2) is 71.3 Å². The molecular weight excluding hydrogens is 258 g/mol. The van der Waals surface area contributed by atoms with E-state index in [1.807, 2.05) is 60.7 Å². The van der Waals surface area contributed by atoms with Crippen molar-refractivity contribution in [3.8, 4) is 11.3 Å². The van der Waals surface area contributed by atoms with Crippen LogP contribution >= 0.6 is 11.6 Å². The lowest BCUT2D eigenvalue weighted by atomic mass is 10.1. The number of hydrogen-bond donors (Lipinski definition) is 1. The molecular formula is C16H12ClNO. The van der Waals surface area contributed by atoms with Crippen LogP contribution in [0.1, 0.15) is 0 Å². The summed E-state index contributed by atoms with van der Waals surface area (Å²) in [6.45, 7) is 0. The topological polar surface area (TPSA) is 25.2 Å². The Balaban J connectivity index is 1.95. The zero-order valence-electron chi connectivity index (χ0n) is 10.1. The fourth-order valence-electron chi connectivity index (χ4n) is 1.93. The molecule has 0 aliphatic rings. The fraction of sp³-hybridized carbons (Fsp3) is 0. The molecule has 0 aliphatic carbocycles. The smallest absolute Gasteiger partial charge is 0.135 e. The fourth-order valence-corrected chi connectivity index (χ4v) is 2.05. The lowest BCUT2D eigenvalue weighted by Gasteiger charge is -2.10. The Labute approximate surface area is 116 Å². The zero-order valence-corrected chi connectivity index (χ0v) is 10.9. The van der Waals surface area contributed by atoms with Gasteiger partial charge in [-0.15, -0.1) is 0 Å². The minimum Gasteiger partial charge on any atom is -0.464 e. The Morgan fingerprint density at radius 2 is 1.63 bits per heavy atom. The number of furan rings is 1. The van der Waals surface area contributed by atoms with Crippen LogP contribution in [-0.4, -0.2) is 0 Å². The van der Waals surface area contributed by atoms with E-state index in [1.165, 1.54) is 0 Å². The molecule has 0 bridgehead atoms. The number of hydrogen-bond acceptors (Lipinski definition) is 2. The Kier molecular flexibility index (Phi) is 3.25. The number of anilines is 2. The van der Waals surface area contributed by atoms with Gasteiger partial charge in [0.2, 0.25) is 0 Å². The third kappa shape index (κ3) is 2.64. The molecule has 1 N–H and O–H groups in total. The first-order valence-corrected chi connectivity index (χ1v) is 6.36. The Hall–Kier alpha value is -2.19. The molecule has 0 fully saturated rings. The summed E-state index contributed by atoms with van der Waals surface area (Å²) in [6.07, 6.45) is 1.68. The first-order chi connectivity index (χ1) is 9.33. The van der Waals surface area contributed by atoms with Crippen molar-refractivity contribution in [1.82, 2.24) is 0 Å². The van der Waals surface area contributed by atoms with Crippen LogP contribution in [-0.2, 0) is 0 Å². The highest BCUT2D eigenvalue weighted by Gasteiger charge is 2.06. The standard InChI is InChI=1S/C16H12ClNO/c17-12-7-9-13(10-8-12)18-15-5-2-1-4-14(15)16-6-3-11-19-16/h1-11,18H. The van der Waals surface area contributed by atoms with Crippen molar-refractivity contribution < 1.29 is 4.42 Å². The molecule has 3 heteroatoms. The van der Waals surface area contributed by atoms with Crippen LogP contribution < -0.4 is 5.32 Å². The van der Waals surface area contributed by atoms with Crippen LogP contribution in [0.2, 0.25) is 5.02 Å². The summed E-state index contributed by atoms with van der Waals surface area (Å²) in [5, 5.41) is 4.10. The summed E-state index contributed by atoms with van der Waals surface area (Å²) in [6, 6.07) is 19.5. The molecule has 0 unspecified atom stereocenters. The average Bonchev–Trinajstić information content (AvgIpc) is 2.96. The van der Waals surface area contributed by atoms with Gasteiger partial charge in [-0.25, -0.2) is 0 Å². The molecule has 1 heterocycles. The van der Waals surface area contributed by atoms with Crippen LogP contribution in [0.4, 0.5) is 11.4 Å². The van der Waals surface area contributed by atoms with Crippen LogP contribution in [0.3, 0.4) is 0 Å². The van der Waals surface area contributed by atoms with Gasteiger partial charge in [0, 0.05) is 22.0 Å². The highest BCUT2D eigenvalue weighted by Crippen LogP contribution is 2.30. The van der Waals surface area contributed by atoms with Crippen molar-refractivity contribution in [3.05, 3.63) is 71.9 Å². The third-order valence-electron chi connectivity index (χ3n) is 2.84. The van der Waals surface area contributed by atoms with Crippen molar-refractivity contribution >= 4 is 23.0 Å². The number of para-hydroxylation sites is 1. The Bertz CT molecular complexity index is 659. The molecule has 1 aromatic heterocycles. The SMILES string of the molecule is Clc1ccc(Nc2ccccc2-c2ccco2)cc1. The van der Waals surface area contributed by atoms with E-state index in [9.17, 15) is 0 Å². The van der Waals surface area contributed by atoms with Gasteiger partial charge in [0.1, 0.15) is 5.76 Å². The van der Waals surface area contributed by atoms with Crippen LogP contribution in [0.5, 0.6) is 0 Å². The normalized spacial score (nSPS) is 10.4. The minimum atomic E-state index is 0.727. The van der Waals surface area contributed by atoms with E-state index >= 15 is 0 Å². The molecule has 0 spiro atoms. The maximum atomic E-state index is 5.88. The molecule has 0 saturated carbocycles. The van der Waals surface area contributed by atoms with Crippen LogP contribution in [0, 0.1) is 0 Å². The van der Waals surface area contributed by atoms with Gasteiger partial charge in [0.25, 0.3) is 0 Å². The number of halogens is 1. The highest BCUT2D eigenvalue weighted by molar-refractivity contribution is 6.30. The molecule has 2 nitrogen and oxygen atoms in total. The van der Waals surface area contributed by atoms with Crippen molar-refractivity contribution in [2.45, 2.75) is 0 Å². The van der Waals surface area contributed by atoms with Crippen molar-refractivity contribution in [2.75, 3.05) is 5.32 Å². The molecule has 0 aliphatic heterocycles. The minimum absolute atomic E-state index is 0.727. The van der Waals surface area contributed by atoms with Gasteiger partial charge < -0.3 is 9.73 Å². The van der Waals surface area contributed by atoms with E-state index in [0.29, 0.717) is 0 Å². The molecule has 0 saturated heterocycles. The van der Waals surface area contributed by atoms with Gasteiger partial charge in [-0.3, -0.25) is 0 Å². The summed E-state index contributed by atoms with van der Waals surface area (Å²) in [7, 11) is 0. The van der Waals surface area contributed by atoms with E-state index in [2.05, 4.69) is 5.32 Å². The third-order valence-corrected chi connectivity index (χ3v) is 3.09. The average molecular weight is 270 g/mol. The molecule has 2 aromatic carbocycles. The second-order valence-electron chi connectivity index (χ2n) is 4.15. The number of nitrogens with one attached hydrogen (secondary N) is 1. The molecule has 0 amide bonds. The van der Waals surface area contributed by atoms with Gasteiger partial charge in [0.15, 0.2) is 0 Å². The van der Waals surface area contributed by atoms with E-state index in [-0.39, 0.29) is 0 Å². The second kappa shape index (κ2) is 5.21. The van der Waals surface area contributed by atoms with E-state index in [4.69, 9.17) is 16.0 Å². The Morgan fingerprint density at radius 3 is 2.37 bits per heavy atom. The maximum absolute atomic E-state index is 5.88. The zero-order chi connectivity index (χ0) is 13.1. The predicted molar refractivity (Wildman–Crippen MR) is 78.9 cm³/mol. The summed E-state index contributed by atoms with van der Waals surface area (Å²) in [5.74, 6) is 0.845. The van der Waals surface area contributed by atoms with Crippen LogP contribution in [0.25, 0.3) is 11.3 Å². The highest BCUT2D eigenvalue weighted by atomic mass is 35.5. The van der Waals surface area contributed by atoms with E-state index in [1.54, 1.807) is 6.26 Å². The first kappa shape index (κ1) is 11.9. The summed E-state index contributed by atoms with van der Waals surface area (Å²) in [4.78, 5) is 0. The number of rotatable bonds is 3. The molecule has 0 atom stereocenters.